The van der Waals surface area contributed by atoms with Gasteiger partial charge >= 0.3 is 0 Å². The summed E-state index contributed by atoms with van der Waals surface area (Å²) in [6.07, 6.45) is 3.28. The molecule has 0 heterocycles. The lowest BCUT2D eigenvalue weighted by Crippen LogP contribution is -2.35. The topological polar surface area (TPSA) is 60.8 Å². The molecule has 132 valence electrons. The van der Waals surface area contributed by atoms with Gasteiger partial charge in [-0.1, -0.05) is 36.4 Å². The summed E-state index contributed by atoms with van der Waals surface area (Å²) in [4.78, 5) is 14.1. The highest BCUT2D eigenvalue weighted by Gasteiger charge is 2.31. The Kier molecular flexibility index (Phi) is 5.39. The van der Waals surface area contributed by atoms with E-state index in [4.69, 9.17) is 0 Å². The molecule has 1 saturated carbocycles. The molecular weight excluding hydrogens is 314 g/mol. The number of nitrogens with zero attached hydrogens (tertiary/aromatic N) is 1. The minimum atomic E-state index is -0.475. The van der Waals surface area contributed by atoms with Gasteiger partial charge < -0.3 is 15.1 Å². The van der Waals surface area contributed by atoms with E-state index in [1.807, 2.05) is 24.3 Å². The molecule has 0 bridgehead atoms. The summed E-state index contributed by atoms with van der Waals surface area (Å²) in [5.74, 6) is 0.0565. The van der Waals surface area contributed by atoms with Crippen molar-refractivity contribution in [2.45, 2.75) is 31.8 Å². The lowest BCUT2D eigenvalue weighted by molar-refractivity contribution is 0.0642. The van der Waals surface area contributed by atoms with Gasteiger partial charge in [-0.05, 0) is 54.9 Å². The van der Waals surface area contributed by atoms with Crippen LogP contribution in [0, 0.1) is 5.92 Å². The average molecular weight is 339 g/mol. The van der Waals surface area contributed by atoms with E-state index in [1.54, 1.807) is 19.2 Å². The number of hydrogen-bond donors (Lipinski definition) is 2. The number of rotatable bonds is 7. The van der Waals surface area contributed by atoms with Crippen molar-refractivity contribution in [3.63, 3.8) is 0 Å². The van der Waals surface area contributed by atoms with Crippen molar-refractivity contribution in [1.82, 2.24) is 4.90 Å². The largest absolute Gasteiger partial charge is 0.507 e. The van der Waals surface area contributed by atoms with Crippen molar-refractivity contribution in [3.8, 4) is 5.75 Å². The van der Waals surface area contributed by atoms with Crippen molar-refractivity contribution in [2.75, 3.05) is 13.6 Å². The SMILES string of the molecule is CN(CC(O)C1CC1)C(=O)c1cc(CCc2ccccc2)ccc1O. The third-order valence-electron chi connectivity index (χ3n) is 4.81. The highest BCUT2D eigenvalue weighted by Crippen LogP contribution is 2.33. The van der Waals surface area contributed by atoms with E-state index in [2.05, 4.69) is 12.1 Å². The molecule has 0 aromatic heterocycles. The number of carbonyl (C=O) groups is 1. The second-order valence-corrected chi connectivity index (χ2v) is 6.93. The Labute approximate surface area is 148 Å². The van der Waals surface area contributed by atoms with Crippen molar-refractivity contribution in [3.05, 3.63) is 65.2 Å². The van der Waals surface area contributed by atoms with Crippen LogP contribution >= 0.6 is 0 Å². The van der Waals surface area contributed by atoms with Crippen LogP contribution in [0.1, 0.15) is 34.3 Å². The maximum atomic E-state index is 12.6. The third kappa shape index (κ3) is 4.60. The number of aromatic hydroxyl groups is 1. The average Bonchev–Trinajstić information content (AvgIpc) is 3.46. The number of aryl methyl sites for hydroxylation is 2. The Morgan fingerprint density at radius 3 is 2.48 bits per heavy atom. The van der Waals surface area contributed by atoms with E-state index in [1.165, 1.54) is 10.5 Å². The summed E-state index contributed by atoms with van der Waals surface area (Å²) in [5.41, 5.74) is 2.56. The number of hydrogen-bond acceptors (Lipinski definition) is 3. The Morgan fingerprint density at radius 1 is 1.12 bits per heavy atom. The van der Waals surface area contributed by atoms with Gasteiger partial charge in [-0.2, -0.15) is 0 Å². The monoisotopic (exact) mass is 339 g/mol. The highest BCUT2D eigenvalue weighted by atomic mass is 16.3. The van der Waals surface area contributed by atoms with Crippen LogP contribution in [0.2, 0.25) is 0 Å². The van der Waals surface area contributed by atoms with Crippen LogP contribution in [0.15, 0.2) is 48.5 Å². The smallest absolute Gasteiger partial charge is 0.257 e. The normalized spacial score (nSPS) is 15.0. The standard InChI is InChI=1S/C21H25NO3/c1-22(14-20(24)17-10-11-17)21(25)18-13-16(9-12-19(18)23)8-7-15-5-3-2-4-6-15/h2-6,9,12-13,17,20,23-24H,7-8,10-11,14H2,1H3. The van der Waals surface area contributed by atoms with Gasteiger partial charge in [0, 0.05) is 13.6 Å². The molecule has 2 aromatic rings. The van der Waals surface area contributed by atoms with Gasteiger partial charge in [-0.25, -0.2) is 0 Å². The summed E-state index contributed by atoms with van der Waals surface area (Å²) in [6.45, 7) is 0.303. The molecule has 0 spiro atoms. The zero-order valence-corrected chi connectivity index (χ0v) is 14.6. The van der Waals surface area contributed by atoms with E-state index >= 15 is 0 Å². The first-order valence-electron chi connectivity index (χ1n) is 8.84. The summed E-state index contributed by atoms with van der Waals surface area (Å²) in [6, 6.07) is 15.4. The van der Waals surface area contributed by atoms with E-state index < -0.39 is 6.10 Å². The van der Waals surface area contributed by atoms with E-state index in [0.717, 1.165) is 31.2 Å². The number of phenols is 1. The minimum absolute atomic E-state index is 0.0128. The van der Waals surface area contributed by atoms with Crippen LogP contribution in [-0.4, -0.2) is 40.7 Å². The first kappa shape index (κ1) is 17.5. The molecule has 1 unspecified atom stereocenters. The second-order valence-electron chi connectivity index (χ2n) is 6.93. The van der Waals surface area contributed by atoms with Crippen molar-refractivity contribution >= 4 is 5.91 Å². The van der Waals surface area contributed by atoms with Gasteiger partial charge in [0.2, 0.25) is 0 Å². The van der Waals surface area contributed by atoms with Crippen LogP contribution in [0.5, 0.6) is 5.75 Å². The van der Waals surface area contributed by atoms with E-state index in [0.29, 0.717) is 18.0 Å². The summed E-state index contributed by atoms with van der Waals surface area (Å²) < 4.78 is 0. The molecule has 1 aliphatic rings. The van der Waals surface area contributed by atoms with Gasteiger partial charge in [-0.3, -0.25) is 4.79 Å². The van der Waals surface area contributed by atoms with Crippen LogP contribution in [-0.2, 0) is 12.8 Å². The molecule has 2 N–H and O–H groups in total. The predicted molar refractivity (Wildman–Crippen MR) is 97.6 cm³/mol. The van der Waals surface area contributed by atoms with Crippen LogP contribution < -0.4 is 0 Å². The first-order chi connectivity index (χ1) is 12.0. The number of aliphatic hydroxyl groups is 1. The van der Waals surface area contributed by atoms with Crippen LogP contribution in [0.4, 0.5) is 0 Å². The molecule has 2 aromatic carbocycles. The molecule has 0 aliphatic heterocycles. The summed E-state index contributed by atoms with van der Waals surface area (Å²) in [5, 5.41) is 20.1. The number of carbonyl (C=O) groups excluding carboxylic acids is 1. The Balaban J connectivity index is 1.66. The van der Waals surface area contributed by atoms with Gasteiger partial charge in [0.1, 0.15) is 5.75 Å². The number of aliphatic hydroxyl groups excluding tert-OH is 1. The quantitative estimate of drug-likeness (QED) is 0.815. The Morgan fingerprint density at radius 2 is 1.80 bits per heavy atom. The molecule has 1 aliphatic carbocycles. The van der Waals surface area contributed by atoms with Crippen LogP contribution in [0.25, 0.3) is 0 Å². The number of likely N-dealkylation sites (N-methyl/N-ethyl adjacent to an activating group) is 1. The number of benzene rings is 2. The zero-order chi connectivity index (χ0) is 17.8. The summed E-state index contributed by atoms with van der Waals surface area (Å²) >= 11 is 0. The maximum absolute atomic E-state index is 12.6. The molecule has 0 radical (unpaired) electrons. The van der Waals surface area contributed by atoms with Crippen molar-refractivity contribution in [1.29, 1.82) is 0 Å². The Hall–Kier alpha value is -2.33. The third-order valence-corrected chi connectivity index (χ3v) is 4.81. The molecule has 1 fully saturated rings. The first-order valence-corrected chi connectivity index (χ1v) is 8.84. The lowest BCUT2D eigenvalue weighted by atomic mass is 10.0. The van der Waals surface area contributed by atoms with Gasteiger partial charge in [0.15, 0.2) is 0 Å². The molecule has 25 heavy (non-hydrogen) atoms. The minimum Gasteiger partial charge on any atom is -0.507 e. The van der Waals surface area contributed by atoms with Gasteiger partial charge in [-0.15, -0.1) is 0 Å². The molecule has 0 saturated heterocycles. The molecule has 1 atom stereocenters. The van der Waals surface area contributed by atoms with E-state index in [-0.39, 0.29) is 11.7 Å². The molecule has 1 amide bonds. The molecule has 3 rings (SSSR count). The van der Waals surface area contributed by atoms with Gasteiger partial charge in [0.05, 0.1) is 11.7 Å². The van der Waals surface area contributed by atoms with E-state index in [9.17, 15) is 15.0 Å². The summed E-state index contributed by atoms with van der Waals surface area (Å²) in [7, 11) is 1.67. The van der Waals surface area contributed by atoms with Crippen molar-refractivity contribution in [2.24, 2.45) is 5.92 Å². The van der Waals surface area contributed by atoms with Crippen molar-refractivity contribution < 1.29 is 15.0 Å². The molecular formula is C21H25NO3. The highest BCUT2D eigenvalue weighted by molar-refractivity contribution is 5.96. The van der Waals surface area contributed by atoms with Crippen LogP contribution in [0.3, 0.4) is 0 Å². The fourth-order valence-electron chi connectivity index (χ4n) is 3.04. The molecule has 4 nitrogen and oxygen atoms in total. The lowest BCUT2D eigenvalue weighted by Gasteiger charge is -2.21. The van der Waals surface area contributed by atoms with Gasteiger partial charge in [0.25, 0.3) is 5.91 Å². The number of amides is 1. The predicted octanol–water partition coefficient (Wildman–Crippen LogP) is 3.02. The fraction of sp³-hybridized carbons (Fsp3) is 0.381. The number of phenolic OH excluding ortho intramolecular Hbond substituents is 1. The fourth-order valence-corrected chi connectivity index (χ4v) is 3.04. The Bertz CT molecular complexity index is 725. The molecule has 4 heteroatoms. The maximum Gasteiger partial charge on any atom is 0.257 e. The zero-order valence-electron chi connectivity index (χ0n) is 14.6. The second kappa shape index (κ2) is 7.70.